The van der Waals surface area contributed by atoms with E-state index in [2.05, 4.69) is 29.7 Å². The molecule has 2 aromatic heterocycles. The van der Waals surface area contributed by atoms with E-state index < -0.39 is 5.82 Å². The molecule has 1 aromatic carbocycles. The summed E-state index contributed by atoms with van der Waals surface area (Å²) < 4.78 is 27.2. The molecule has 5 heterocycles. The number of β-amino-alcohol motifs (C(OH)–C–C–N with tert-alkyl or cyclic N) is 1. The van der Waals surface area contributed by atoms with E-state index in [0.29, 0.717) is 18.1 Å². The zero-order chi connectivity index (χ0) is 34.1. The van der Waals surface area contributed by atoms with E-state index in [-0.39, 0.29) is 40.9 Å². The average Bonchev–Trinajstić information content (AvgIpc) is 3.47. The van der Waals surface area contributed by atoms with Crippen molar-refractivity contribution in [1.82, 2.24) is 29.7 Å². The van der Waals surface area contributed by atoms with Gasteiger partial charge in [0.1, 0.15) is 29.7 Å². The number of pyridine rings is 1. The zero-order valence-electron chi connectivity index (χ0n) is 28.9. The summed E-state index contributed by atoms with van der Waals surface area (Å²) in [5.74, 6) is 1.56. The molecule has 1 amide bonds. The van der Waals surface area contributed by atoms with E-state index in [1.807, 2.05) is 33.0 Å². The van der Waals surface area contributed by atoms with Gasteiger partial charge in [0.2, 0.25) is 0 Å². The second-order valence-electron chi connectivity index (χ2n) is 14.5. The maximum absolute atomic E-state index is 14.3. The molecule has 0 bridgehead atoms. The number of halogens is 1. The highest BCUT2D eigenvalue weighted by Crippen LogP contribution is 2.52. The Morgan fingerprint density at radius 3 is 2.67 bits per heavy atom. The van der Waals surface area contributed by atoms with Crippen molar-refractivity contribution in [2.45, 2.75) is 77.7 Å². The van der Waals surface area contributed by atoms with E-state index in [1.54, 1.807) is 11.1 Å². The fraction of sp³-hybridized carbons (Fsp3) is 0.568. The number of hydrogen-bond donors (Lipinski definition) is 1. The van der Waals surface area contributed by atoms with Crippen LogP contribution in [-0.4, -0.2) is 111 Å². The Labute approximate surface area is 288 Å². The van der Waals surface area contributed by atoms with Crippen LogP contribution in [0.25, 0.3) is 0 Å². The maximum Gasteiger partial charge on any atom is 0.257 e. The minimum absolute atomic E-state index is 0.0396. The maximum atomic E-state index is 14.3. The largest absolute Gasteiger partial charge is 0.490 e. The Hall–Kier alpha value is -3.87. The van der Waals surface area contributed by atoms with Gasteiger partial charge in [0.25, 0.3) is 5.91 Å². The van der Waals surface area contributed by atoms with Crippen molar-refractivity contribution in [2.24, 2.45) is 5.41 Å². The van der Waals surface area contributed by atoms with Crippen LogP contribution in [0.15, 0.2) is 43.0 Å². The summed E-state index contributed by atoms with van der Waals surface area (Å²) in [6, 6.07) is 6.01. The quantitative estimate of drug-likeness (QED) is 0.295. The molecule has 1 spiro atoms. The summed E-state index contributed by atoms with van der Waals surface area (Å²) in [7, 11) is 0. The van der Waals surface area contributed by atoms with Gasteiger partial charge in [-0.2, -0.15) is 0 Å². The van der Waals surface area contributed by atoms with Crippen molar-refractivity contribution in [1.29, 1.82) is 0 Å². The first kappa shape index (κ1) is 33.6. The van der Waals surface area contributed by atoms with Gasteiger partial charge in [-0.3, -0.25) is 14.7 Å². The topological polar surface area (TPSA) is 107 Å². The highest BCUT2D eigenvalue weighted by Gasteiger charge is 2.54. The standard InChI is InChI=1S/C37H48FN7O4/c1-4-45(25(2)3)36(47)29-16-26(38)6-7-32(29)49-34-19-39-24-41-35(34)44-22-37(23-44)17-28(18-37)48-33-8-11-40-31-10-15-43(21-30(31)33)13-5-12-42-14-9-27(46)20-42/h6-8,11,16,19,24-25,27-28,46H,4-5,9-10,12-15,17-18,20-23H2,1-3H3/t27-/m0/s1. The Balaban J connectivity index is 0.947. The molecular formula is C37H48FN7O4. The van der Waals surface area contributed by atoms with Gasteiger partial charge in [-0.25, -0.2) is 14.4 Å². The lowest BCUT2D eigenvalue weighted by Gasteiger charge is -2.59. The summed E-state index contributed by atoms with van der Waals surface area (Å²) in [6.07, 6.45) is 9.81. The monoisotopic (exact) mass is 673 g/mol. The summed E-state index contributed by atoms with van der Waals surface area (Å²) >= 11 is 0. The molecule has 49 heavy (non-hydrogen) atoms. The molecule has 1 N–H and O–H groups in total. The van der Waals surface area contributed by atoms with Crippen LogP contribution in [0.4, 0.5) is 10.2 Å². The molecule has 7 rings (SSSR count). The number of fused-ring (bicyclic) bond motifs is 1. The van der Waals surface area contributed by atoms with Crippen molar-refractivity contribution < 1.29 is 23.8 Å². The number of ether oxygens (including phenoxy) is 2. The zero-order valence-corrected chi connectivity index (χ0v) is 28.9. The molecule has 3 fully saturated rings. The van der Waals surface area contributed by atoms with Crippen molar-refractivity contribution in [3.05, 3.63) is 65.6 Å². The molecule has 3 aromatic rings. The number of carbonyl (C=O) groups is 1. The summed E-state index contributed by atoms with van der Waals surface area (Å²) in [6.45, 7) is 13.7. The molecule has 12 heteroatoms. The van der Waals surface area contributed by atoms with Gasteiger partial charge in [-0.15, -0.1) is 0 Å². The number of nitrogens with zero attached hydrogens (tertiary/aromatic N) is 7. The summed E-state index contributed by atoms with van der Waals surface area (Å²) in [4.78, 5) is 35.5. The molecule has 11 nitrogen and oxygen atoms in total. The fourth-order valence-electron chi connectivity index (χ4n) is 8.04. The average molecular weight is 674 g/mol. The lowest BCUT2D eigenvalue weighted by atomic mass is 9.61. The predicted molar refractivity (Wildman–Crippen MR) is 184 cm³/mol. The molecule has 2 saturated heterocycles. The number of benzene rings is 1. The van der Waals surface area contributed by atoms with Crippen LogP contribution in [0.5, 0.6) is 17.2 Å². The van der Waals surface area contributed by atoms with E-state index in [1.165, 1.54) is 30.1 Å². The second kappa shape index (κ2) is 14.2. The predicted octanol–water partition coefficient (Wildman–Crippen LogP) is 4.54. The SMILES string of the molecule is CCN(C(=O)c1cc(F)ccc1Oc1cncnc1N1CC2(CC(Oc3ccnc4c3CN(CCCN3CC[C@H](O)C3)CC4)C2)C1)C(C)C. The van der Waals surface area contributed by atoms with Crippen LogP contribution in [0.1, 0.15) is 68.1 Å². The normalized spacial score (nSPS) is 20.6. The van der Waals surface area contributed by atoms with Crippen LogP contribution in [-0.2, 0) is 13.0 Å². The van der Waals surface area contributed by atoms with E-state index in [0.717, 1.165) is 95.9 Å². The minimum atomic E-state index is -0.494. The summed E-state index contributed by atoms with van der Waals surface area (Å²) in [5, 5.41) is 9.82. The molecular weight excluding hydrogens is 625 g/mol. The Bertz CT molecular complexity index is 1640. The van der Waals surface area contributed by atoms with Crippen LogP contribution in [0.2, 0.25) is 0 Å². The second-order valence-corrected chi connectivity index (χ2v) is 14.5. The van der Waals surface area contributed by atoms with E-state index in [4.69, 9.17) is 9.47 Å². The van der Waals surface area contributed by atoms with Gasteiger partial charge in [-0.1, -0.05) is 0 Å². The van der Waals surface area contributed by atoms with Crippen LogP contribution >= 0.6 is 0 Å². The number of aliphatic hydroxyl groups is 1. The molecule has 0 radical (unpaired) electrons. The van der Waals surface area contributed by atoms with Crippen LogP contribution in [0.3, 0.4) is 0 Å². The number of carbonyl (C=O) groups excluding carboxylic acids is 1. The van der Waals surface area contributed by atoms with Crippen molar-refractivity contribution >= 4 is 11.7 Å². The molecule has 3 aliphatic heterocycles. The summed E-state index contributed by atoms with van der Waals surface area (Å²) in [5.41, 5.74) is 2.70. The molecule has 0 unspecified atom stereocenters. The first-order chi connectivity index (χ1) is 23.7. The number of aromatic nitrogens is 3. The number of hydrogen-bond acceptors (Lipinski definition) is 10. The molecule has 262 valence electrons. The van der Waals surface area contributed by atoms with Gasteiger partial charge >= 0.3 is 0 Å². The number of aliphatic hydroxyl groups excluding tert-OH is 1. The first-order valence-corrected chi connectivity index (χ1v) is 17.8. The Morgan fingerprint density at radius 2 is 1.92 bits per heavy atom. The van der Waals surface area contributed by atoms with Gasteiger partial charge in [0.15, 0.2) is 11.6 Å². The van der Waals surface area contributed by atoms with Gasteiger partial charge in [0, 0.05) is 81.1 Å². The smallest absolute Gasteiger partial charge is 0.257 e. The highest BCUT2D eigenvalue weighted by molar-refractivity contribution is 5.97. The first-order valence-electron chi connectivity index (χ1n) is 17.8. The van der Waals surface area contributed by atoms with Crippen LogP contribution < -0.4 is 14.4 Å². The number of amides is 1. The molecule has 1 saturated carbocycles. The van der Waals surface area contributed by atoms with E-state index >= 15 is 0 Å². The highest BCUT2D eigenvalue weighted by atomic mass is 19.1. The third-order valence-electron chi connectivity index (χ3n) is 10.6. The van der Waals surface area contributed by atoms with Gasteiger partial charge in [0.05, 0.1) is 17.9 Å². The molecule has 1 atom stereocenters. The lowest BCUT2D eigenvalue weighted by molar-refractivity contribution is -0.0352. The Kier molecular flexibility index (Phi) is 9.72. The van der Waals surface area contributed by atoms with Crippen molar-refractivity contribution in [2.75, 3.05) is 57.3 Å². The fourth-order valence-corrected chi connectivity index (χ4v) is 8.04. The van der Waals surface area contributed by atoms with Gasteiger partial charge in [-0.05, 0) is 83.8 Å². The molecule has 1 aliphatic carbocycles. The van der Waals surface area contributed by atoms with E-state index in [9.17, 15) is 14.3 Å². The third-order valence-corrected chi connectivity index (χ3v) is 10.6. The minimum Gasteiger partial charge on any atom is -0.490 e. The Morgan fingerprint density at radius 1 is 1.10 bits per heavy atom. The van der Waals surface area contributed by atoms with Crippen LogP contribution in [0, 0.1) is 11.2 Å². The lowest BCUT2D eigenvalue weighted by Crippen LogP contribution is -2.65. The number of rotatable bonds is 12. The van der Waals surface area contributed by atoms with Crippen molar-refractivity contribution in [3.63, 3.8) is 0 Å². The number of likely N-dealkylation sites (tertiary alicyclic amines) is 1. The van der Waals surface area contributed by atoms with Gasteiger partial charge < -0.3 is 29.3 Å². The van der Waals surface area contributed by atoms with Crippen molar-refractivity contribution in [3.8, 4) is 17.2 Å². The third kappa shape index (κ3) is 7.22. The number of anilines is 1. The molecule has 4 aliphatic rings.